The molecule has 2 N–H and O–H groups in total. The van der Waals surface area contributed by atoms with Crippen LogP contribution in [0.5, 0.6) is 0 Å². The Labute approximate surface area is 148 Å². The zero-order valence-corrected chi connectivity index (χ0v) is 14.3. The van der Waals surface area contributed by atoms with E-state index in [-0.39, 0.29) is 23.5 Å². The van der Waals surface area contributed by atoms with Crippen LogP contribution < -0.4 is 10.6 Å². The number of amides is 2. The maximum absolute atomic E-state index is 12.1. The van der Waals surface area contributed by atoms with Gasteiger partial charge in [-0.25, -0.2) is 4.98 Å². The number of hydrogen-bond donors (Lipinski definition) is 2. The van der Waals surface area contributed by atoms with Crippen LogP contribution in [0.25, 0.3) is 21.0 Å². The Kier molecular flexibility index (Phi) is 4.23. The van der Waals surface area contributed by atoms with E-state index < -0.39 is 0 Å². The van der Waals surface area contributed by atoms with Crippen molar-refractivity contribution in [2.75, 3.05) is 13.1 Å². The molecule has 1 aliphatic carbocycles. The highest BCUT2D eigenvalue weighted by Crippen LogP contribution is 2.31. The molecule has 3 aromatic rings. The molecule has 0 saturated heterocycles. The maximum atomic E-state index is 12.1. The molecule has 6 nitrogen and oxygen atoms in total. The number of rotatable bonds is 6. The molecule has 2 amide bonds. The molecule has 1 fully saturated rings. The van der Waals surface area contributed by atoms with Crippen molar-refractivity contribution < 1.29 is 14.0 Å². The van der Waals surface area contributed by atoms with Crippen molar-refractivity contribution in [3.63, 3.8) is 0 Å². The van der Waals surface area contributed by atoms with Crippen LogP contribution in [0.4, 0.5) is 0 Å². The fourth-order valence-electron chi connectivity index (χ4n) is 2.49. The zero-order valence-electron chi connectivity index (χ0n) is 13.5. The fourth-order valence-corrected chi connectivity index (χ4v) is 3.42. The predicted octanol–water partition coefficient (Wildman–Crippen LogP) is 2.81. The molecule has 1 aliphatic rings. The second kappa shape index (κ2) is 6.68. The lowest BCUT2D eigenvalue weighted by atomic mass is 10.3. The van der Waals surface area contributed by atoms with Gasteiger partial charge < -0.3 is 15.1 Å². The molecule has 25 heavy (non-hydrogen) atoms. The molecule has 2 heterocycles. The van der Waals surface area contributed by atoms with E-state index in [4.69, 9.17) is 4.42 Å². The van der Waals surface area contributed by atoms with Crippen LogP contribution >= 0.6 is 11.3 Å². The number of nitrogens with one attached hydrogen (secondary N) is 2. The van der Waals surface area contributed by atoms with Crippen molar-refractivity contribution in [1.82, 2.24) is 15.6 Å². The number of para-hydroxylation sites is 1. The van der Waals surface area contributed by atoms with Crippen LogP contribution in [-0.4, -0.2) is 29.9 Å². The summed E-state index contributed by atoms with van der Waals surface area (Å²) >= 11 is 1.52. The van der Waals surface area contributed by atoms with Crippen LogP contribution in [0.3, 0.4) is 0 Å². The van der Waals surface area contributed by atoms with Gasteiger partial charge >= 0.3 is 0 Å². The molecular weight excluding hydrogens is 338 g/mol. The van der Waals surface area contributed by atoms with Crippen molar-refractivity contribution in [3.8, 4) is 10.8 Å². The zero-order chi connectivity index (χ0) is 17.2. The first kappa shape index (κ1) is 15.8. The number of furan rings is 1. The number of carbonyl (C=O) groups is 2. The number of hydrogen-bond acceptors (Lipinski definition) is 5. The van der Waals surface area contributed by atoms with Gasteiger partial charge in [-0.05, 0) is 37.1 Å². The Hall–Kier alpha value is -2.67. The summed E-state index contributed by atoms with van der Waals surface area (Å²) < 4.78 is 6.71. The minimum absolute atomic E-state index is 0.0744. The average Bonchev–Trinajstić information content (AvgIpc) is 3.20. The summed E-state index contributed by atoms with van der Waals surface area (Å²) in [7, 11) is 0. The van der Waals surface area contributed by atoms with Crippen LogP contribution in [0, 0.1) is 5.92 Å². The standard InChI is InChI=1S/C18H17N3O3S/c22-16(11-5-6-11)19-9-10-20-17(23)13-7-8-14(24-13)18-21-12-3-1-2-4-15(12)25-18/h1-4,7-8,11H,5-6,9-10H2,(H,19,22)(H,20,23). The molecule has 1 aromatic carbocycles. The summed E-state index contributed by atoms with van der Waals surface area (Å²) in [5, 5.41) is 6.29. The lowest BCUT2D eigenvalue weighted by Crippen LogP contribution is -2.35. The van der Waals surface area contributed by atoms with E-state index in [1.54, 1.807) is 12.1 Å². The minimum Gasteiger partial charge on any atom is -0.448 e. The van der Waals surface area contributed by atoms with Gasteiger partial charge in [-0.2, -0.15) is 0 Å². The number of nitrogens with zero attached hydrogens (tertiary/aromatic N) is 1. The molecule has 0 bridgehead atoms. The number of carbonyl (C=O) groups excluding carboxylic acids is 2. The summed E-state index contributed by atoms with van der Waals surface area (Å²) in [5.41, 5.74) is 0.913. The van der Waals surface area contributed by atoms with E-state index >= 15 is 0 Å². The summed E-state index contributed by atoms with van der Waals surface area (Å²) in [5.74, 6) is 0.770. The van der Waals surface area contributed by atoms with E-state index in [0.717, 1.165) is 28.1 Å². The summed E-state index contributed by atoms with van der Waals surface area (Å²) in [6.45, 7) is 0.793. The van der Waals surface area contributed by atoms with E-state index in [9.17, 15) is 9.59 Å². The molecule has 0 spiro atoms. The van der Waals surface area contributed by atoms with Gasteiger partial charge in [0, 0.05) is 19.0 Å². The molecule has 128 valence electrons. The highest BCUT2D eigenvalue weighted by atomic mass is 32.1. The molecule has 2 aromatic heterocycles. The number of fused-ring (bicyclic) bond motifs is 1. The average molecular weight is 355 g/mol. The van der Waals surface area contributed by atoms with E-state index in [1.807, 2.05) is 24.3 Å². The van der Waals surface area contributed by atoms with Gasteiger partial charge in [0.15, 0.2) is 16.5 Å². The van der Waals surface area contributed by atoms with Crippen molar-refractivity contribution >= 4 is 33.4 Å². The Balaban J connectivity index is 1.35. The highest BCUT2D eigenvalue weighted by Gasteiger charge is 2.29. The first-order valence-electron chi connectivity index (χ1n) is 8.22. The Bertz CT molecular complexity index is 893. The lowest BCUT2D eigenvalue weighted by Gasteiger charge is -2.05. The molecule has 0 atom stereocenters. The van der Waals surface area contributed by atoms with Gasteiger partial charge in [0.05, 0.1) is 10.2 Å². The van der Waals surface area contributed by atoms with E-state index in [0.29, 0.717) is 18.8 Å². The van der Waals surface area contributed by atoms with Crippen LogP contribution in [0.1, 0.15) is 23.4 Å². The lowest BCUT2D eigenvalue weighted by molar-refractivity contribution is -0.122. The van der Waals surface area contributed by atoms with Crippen molar-refractivity contribution in [3.05, 3.63) is 42.2 Å². The maximum Gasteiger partial charge on any atom is 0.287 e. The van der Waals surface area contributed by atoms with Gasteiger partial charge in [0.1, 0.15) is 0 Å². The van der Waals surface area contributed by atoms with Gasteiger partial charge in [0.25, 0.3) is 5.91 Å². The van der Waals surface area contributed by atoms with E-state index in [2.05, 4.69) is 15.6 Å². The predicted molar refractivity (Wildman–Crippen MR) is 95.4 cm³/mol. The van der Waals surface area contributed by atoms with Gasteiger partial charge in [-0.15, -0.1) is 11.3 Å². The van der Waals surface area contributed by atoms with Crippen molar-refractivity contribution in [2.45, 2.75) is 12.8 Å². The molecule has 0 radical (unpaired) electrons. The molecule has 1 saturated carbocycles. The summed E-state index contributed by atoms with van der Waals surface area (Å²) in [6.07, 6.45) is 1.94. The third-order valence-corrected chi connectivity index (χ3v) is 5.04. The summed E-state index contributed by atoms with van der Waals surface area (Å²) in [6, 6.07) is 11.2. The molecule has 0 aliphatic heterocycles. The van der Waals surface area contributed by atoms with Crippen LogP contribution in [-0.2, 0) is 4.79 Å². The smallest absolute Gasteiger partial charge is 0.287 e. The number of aromatic nitrogens is 1. The van der Waals surface area contributed by atoms with Gasteiger partial charge in [0.2, 0.25) is 5.91 Å². The number of thiazole rings is 1. The largest absolute Gasteiger partial charge is 0.448 e. The Morgan fingerprint density at radius 3 is 2.72 bits per heavy atom. The fraction of sp³-hybridized carbons (Fsp3) is 0.278. The topological polar surface area (TPSA) is 84.2 Å². The van der Waals surface area contributed by atoms with Gasteiger partial charge in [-0.1, -0.05) is 12.1 Å². The van der Waals surface area contributed by atoms with Crippen LogP contribution in [0.2, 0.25) is 0 Å². The quantitative estimate of drug-likeness (QED) is 0.666. The summed E-state index contributed by atoms with van der Waals surface area (Å²) in [4.78, 5) is 28.1. The second-order valence-corrected chi connectivity index (χ2v) is 7.00. The van der Waals surface area contributed by atoms with Crippen molar-refractivity contribution in [1.29, 1.82) is 0 Å². The molecule has 7 heteroatoms. The first-order valence-corrected chi connectivity index (χ1v) is 9.04. The highest BCUT2D eigenvalue weighted by molar-refractivity contribution is 7.21. The Morgan fingerprint density at radius 2 is 1.92 bits per heavy atom. The van der Waals surface area contributed by atoms with Crippen molar-refractivity contribution in [2.24, 2.45) is 5.92 Å². The molecule has 4 rings (SSSR count). The first-order chi connectivity index (χ1) is 12.2. The monoisotopic (exact) mass is 355 g/mol. The normalized spacial score (nSPS) is 13.8. The third kappa shape index (κ3) is 3.56. The van der Waals surface area contributed by atoms with Crippen LogP contribution in [0.15, 0.2) is 40.8 Å². The minimum atomic E-state index is -0.298. The third-order valence-electron chi connectivity index (χ3n) is 3.99. The molecular formula is C18H17N3O3S. The van der Waals surface area contributed by atoms with Gasteiger partial charge in [-0.3, -0.25) is 9.59 Å². The Morgan fingerprint density at radius 1 is 1.12 bits per heavy atom. The molecule has 0 unspecified atom stereocenters. The second-order valence-electron chi connectivity index (χ2n) is 5.97. The SMILES string of the molecule is O=C(NCCNC(=O)C1CC1)c1ccc(-c2nc3ccccc3s2)o1. The number of benzene rings is 1. The van der Waals surface area contributed by atoms with E-state index in [1.165, 1.54) is 11.3 Å².